The van der Waals surface area contributed by atoms with Crippen LogP contribution >= 0.6 is 0 Å². The SMILES string of the molecule is CCn1c(CC(=O)c2ccc(F)cc2)nc2ccccc21. The van der Waals surface area contributed by atoms with Gasteiger partial charge in [0, 0.05) is 12.1 Å². The maximum atomic E-state index is 12.9. The largest absolute Gasteiger partial charge is 0.328 e. The summed E-state index contributed by atoms with van der Waals surface area (Å²) in [7, 11) is 0. The van der Waals surface area contributed by atoms with Crippen molar-refractivity contribution in [3.63, 3.8) is 0 Å². The van der Waals surface area contributed by atoms with Gasteiger partial charge in [0.25, 0.3) is 0 Å². The first-order valence-electron chi connectivity index (χ1n) is 6.92. The van der Waals surface area contributed by atoms with Crippen molar-refractivity contribution in [1.82, 2.24) is 9.55 Å². The van der Waals surface area contributed by atoms with Crippen LogP contribution in [-0.2, 0) is 13.0 Å². The number of ketones is 1. The summed E-state index contributed by atoms with van der Waals surface area (Å²) in [4.78, 5) is 16.8. The number of halogens is 1. The number of imidazole rings is 1. The Balaban J connectivity index is 1.94. The number of hydrogen-bond donors (Lipinski definition) is 0. The molecule has 4 heteroatoms. The van der Waals surface area contributed by atoms with E-state index in [1.54, 1.807) is 0 Å². The van der Waals surface area contributed by atoms with Crippen molar-refractivity contribution in [2.45, 2.75) is 19.9 Å². The lowest BCUT2D eigenvalue weighted by Gasteiger charge is -2.05. The molecule has 0 radical (unpaired) electrons. The number of hydrogen-bond acceptors (Lipinski definition) is 2. The zero-order chi connectivity index (χ0) is 14.8. The monoisotopic (exact) mass is 282 g/mol. The summed E-state index contributed by atoms with van der Waals surface area (Å²) in [5.41, 5.74) is 2.43. The predicted molar refractivity (Wildman–Crippen MR) is 79.8 cm³/mol. The first-order valence-corrected chi connectivity index (χ1v) is 6.92. The molecule has 0 N–H and O–H groups in total. The third-order valence-corrected chi connectivity index (χ3v) is 3.53. The molecule has 0 atom stereocenters. The number of aromatic nitrogens is 2. The van der Waals surface area contributed by atoms with Crippen LogP contribution in [0.5, 0.6) is 0 Å². The fourth-order valence-corrected chi connectivity index (χ4v) is 2.49. The molecule has 3 aromatic rings. The number of nitrogens with zero attached hydrogens (tertiary/aromatic N) is 2. The quantitative estimate of drug-likeness (QED) is 0.685. The lowest BCUT2D eigenvalue weighted by atomic mass is 10.1. The van der Waals surface area contributed by atoms with Crippen molar-refractivity contribution in [2.24, 2.45) is 0 Å². The molecule has 1 aromatic heterocycles. The molecule has 21 heavy (non-hydrogen) atoms. The van der Waals surface area contributed by atoms with Gasteiger partial charge in [-0.3, -0.25) is 4.79 Å². The molecule has 0 amide bonds. The van der Waals surface area contributed by atoms with Crippen LogP contribution in [0.4, 0.5) is 4.39 Å². The van der Waals surface area contributed by atoms with Gasteiger partial charge in [0.05, 0.1) is 17.5 Å². The Morgan fingerprint density at radius 2 is 1.86 bits per heavy atom. The van der Waals surface area contributed by atoms with E-state index >= 15 is 0 Å². The first kappa shape index (κ1) is 13.5. The van der Waals surface area contributed by atoms with Gasteiger partial charge in [-0.05, 0) is 43.3 Å². The number of carbonyl (C=O) groups is 1. The van der Waals surface area contributed by atoms with Gasteiger partial charge < -0.3 is 4.57 Å². The summed E-state index contributed by atoms with van der Waals surface area (Å²) in [6, 6.07) is 13.5. The number of benzene rings is 2. The van der Waals surface area contributed by atoms with E-state index < -0.39 is 0 Å². The standard InChI is InChI=1S/C17H15FN2O/c1-2-20-15-6-4-3-5-14(15)19-17(20)11-16(21)12-7-9-13(18)10-8-12/h3-10H,2,11H2,1H3. The lowest BCUT2D eigenvalue weighted by molar-refractivity contribution is 0.0990. The molecular weight excluding hydrogens is 267 g/mol. The lowest BCUT2D eigenvalue weighted by Crippen LogP contribution is -2.10. The van der Waals surface area contributed by atoms with E-state index in [0.717, 1.165) is 23.4 Å². The minimum atomic E-state index is -0.340. The fourth-order valence-electron chi connectivity index (χ4n) is 2.49. The molecule has 3 nitrogen and oxygen atoms in total. The average molecular weight is 282 g/mol. The molecule has 2 aromatic carbocycles. The van der Waals surface area contributed by atoms with Crippen LogP contribution < -0.4 is 0 Å². The third-order valence-electron chi connectivity index (χ3n) is 3.53. The Morgan fingerprint density at radius 3 is 2.57 bits per heavy atom. The zero-order valence-corrected chi connectivity index (χ0v) is 11.7. The molecule has 0 saturated carbocycles. The molecule has 106 valence electrons. The molecule has 0 fully saturated rings. The summed E-state index contributed by atoms with van der Waals surface area (Å²) in [5, 5.41) is 0. The van der Waals surface area contributed by atoms with Gasteiger partial charge in [0.1, 0.15) is 11.6 Å². The van der Waals surface area contributed by atoms with Crippen LogP contribution in [-0.4, -0.2) is 15.3 Å². The van der Waals surface area contributed by atoms with E-state index in [2.05, 4.69) is 4.98 Å². The predicted octanol–water partition coefficient (Wildman–Crippen LogP) is 3.62. The molecule has 0 spiro atoms. The van der Waals surface area contributed by atoms with Gasteiger partial charge in [0.15, 0.2) is 5.78 Å². The van der Waals surface area contributed by atoms with Crippen LogP contribution in [0.25, 0.3) is 11.0 Å². The Morgan fingerprint density at radius 1 is 1.14 bits per heavy atom. The first-order chi connectivity index (χ1) is 10.2. The van der Waals surface area contributed by atoms with Crippen LogP contribution in [0.15, 0.2) is 48.5 Å². The van der Waals surface area contributed by atoms with Gasteiger partial charge in [-0.15, -0.1) is 0 Å². The van der Waals surface area contributed by atoms with Gasteiger partial charge in [-0.25, -0.2) is 9.37 Å². The van der Waals surface area contributed by atoms with Crippen molar-refractivity contribution < 1.29 is 9.18 Å². The third kappa shape index (κ3) is 2.57. The molecule has 0 aliphatic rings. The van der Waals surface area contributed by atoms with Crippen molar-refractivity contribution in [3.8, 4) is 0 Å². The van der Waals surface area contributed by atoms with E-state index in [9.17, 15) is 9.18 Å². The molecule has 0 aliphatic carbocycles. The van der Waals surface area contributed by atoms with Gasteiger partial charge in [-0.1, -0.05) is 12.1 Å². The number of aryl methyl sites for hydroxylation is 1. The molecular formula is C17H15FN2O. The molecule has 1 heterocycles. The highest BCUT2D eigenvalue weighted by molar-refractivity contribution is 5.97. The van der Waals surface area contributed by atoms with Crippen LogP contribution in [0.3, 0.4) is 0 Å². The topological polar surface area (TPSA) is 34.9 Å². The van der Waals surface area contributed by atoms with Crippen molar-refractivity contribution in [3.05, 3.63) is 65.7 Å². The molecule has 0 unspecified atom stereocenters. The number of Topliss-reactive ketones (excluding diaryl/α,β-unsaturated/α-hetero) is 1. The normalized spacial score (nSPS) is 11.0. The van der Waals surface area contributed by atoms with Crippen LogP contribution in [0, 0.1) is 5.82 Å². The summed E-state index contributed by atoms with van der Waals surface area (Å²) in [6.45, 7) is 2.78. The fraction of sp³-hybridized carbons (Fsp3) is 0.176. The van der Waals surface area contributed by atoms with Crippen LogP contribution in [0.1, 0.15) is 23.1 Å². The zero-order valence-electron chi connectivity index (χ0n) is 11.7. The number of rotatable bonds is 4. The highest BCUT2D eigenvalue weighted by Crippen LogP contribution is 2.17. The van der Waals surface area contributed by atoms with E-state index in [-0.39, 0.29) is 18.0 Å². The molecule has 0 aliphatic heterocycles. The molecule has 0 saturated heterocycles. The van der Waals surface area contributed by atoms with Gasteiger partial charge >= 0.3 is 0 Å². The molecule has 0 bridgehead atoms. The minimum Gasteiger partial charge on any atom is -0.328 e. The van der Waals surface area contributed by atoms with Gasteiger partial charge in [-0.2, -0.15) is 0 Å². The molecule has 3 rings (SSSR count). The van der Waals surface area contributed by atoms with E-state index in [1.165, 1.54) is 24.3 Å². The van der Waals surface area contributed by atoms with Crippen LogP contribution in [0.2, 0.25) is 0 Å². The maximum absolute atomic E-state index is 12.9. The average Bonchev–Trinajstić information content (AvgIpc) is 2.84. The van der Waals surface area contributed by atoms with Crippen molar-refractivity contribution >= 4 is 16.8 Å². The summed E-state index contributed by atoms with van der Waals surface area (Å²) in [6.07, 6.45) is 0.216. The second-order valence-electron chi connectivity index (χ2n) is 4.87. The summed E-state index contributed by atoms with van der Waals surface area (Å²) in [5.74, 6) is 0.348. The summed E-state index contributed by atoms with van der Waals surface area (Å²) < 4.78 is 14.9. The Bertz CT molecular complexity index is 790. The Hall–Kier alpha value is -2.49. The summed E-state index contributed by atoms with van der Waals surface area (Å²) >= 11 is 0. The van der Waals surface area contributed by atoms with Crippen molar-refractivity contribution in [1.29, 1.82) is 0 Å². The van der Waals surface area contributed by atoms with E-state index in [4.69, 9.17) is 0 Å². The number of carbonyl (C=O) groups excluding carboxylic acids is 1. The number of fused-ring (bicyclic) bond motifs is 1. The van der Waals surface area contributed by atoms with Crippen molar-refractivity contribution in [2.75, 3.05) is 0 Å². The highest BCUT2D eigenvalue weighted by Gasteiger charge is 2.14. The Labute approximate surface area is 122 Å². The second kappa shape index (κ2) is 5.48. The Kier molecular flexibility index (Phi) is 3.52. The second-order valence-corrected chi connectivity index (χ2v) is 4.87. The van der Waals surface area contributed by atoms with E-state index in [0.29, 0.717) is 5.56 Å². The smallest absolute Gasteiger partial charge is 0.170 e. The minimum absolute atomic E-state index is 0.0555. The maximum Gasteiger partial charge on any atom is 0.170 e. The van der Waals surface area contributed by atoms with Gasteiger partial charge in [0.2, 0.25) is 0 Å². The highest BCUT2D eigenvalue weighted by atomic mass is 19.1. The number of para-hydroxylation sites is 2. The van der Waals surface area contributed by atoms with E-state index in [1.807, 2.05) is 35.8 Å².